The molecule has 7 heteroatoms. The van der Waals surface area contributed by atoms with E-state index in [1.54, 1.807) is 12.1 Å². The fraction of sp³-hybridized carbons (Fsp3) is 0.125. The smallest absolute Gasteiger partial charge is 0.327 e. The number of aliphatic hydroxyl groups is 2. The second kappa shape index (κ2) is 4.09. The van der Waals surface area contributed by atoms with Crippen molar-refractivity contribution < 1.29 is 24.9 Å². The van der Waals surface area contributed by atoms with Gasteiger partial charge in [-0.3, -0.25) is 15.0 Å². The Morgan fingerprint density at radius 2 is 1.74 bits per heavy atom. The lowest BCUT2D eigenvalue weighted by Crippen LogP contribution is -2.59. The average molecular weight is 312 g/mol. The number of rotatable bonds is 1. The highest BCUT2D eigenvalue weighted by atomic mass is 16.4. The minimum absolute atomic E-state index is 0.119. The predicted molar refractivity (Wildman–Crippen MR) is 78.7 cm³/mol. The molecule has 2 aromatic rings. The van der Waals surface area contributed by atoms with E-state index in [-0.39, 0.29) is 22.6 Å². The lowest BCUT2D eigenvalue weighted by molar-refractivity contribution is -0.109. The number of carbonyl (C=O) groups excluding carboxylic acids is 2. The van der Waals surface area contributed by atoms with Gasteiger partial charge in [-0.1, -0.05) is 30.3 Å². The molecule has 1 saturated heterocycles. The molecule has 0 radical (unpaired) electrons. The molecular weight excluding hydrogens is 300 g/mol. The minimum Gasteiger partial charge on any atom is -0.508 e. The third-order valence-corrected chi connectivity index (χ3v) is 4.28. The monoisotopic (exact) mass is 312 g/mol. The highest BCUT2D eigenvalue weighted by Crippen LogP contribution is 2.50. The van der Waals surface area contributed by atoms with Crippen molar-refractivity contribution in [1.29, 1.82) is 0 Å². The number of urea groups is 1. The highest BCUT2D eigenvalue weighted by molar-refractivity contribution is 6.15. The fourth-order valence-electron chi connectivity index (χ4n) is 3.25. The van der Waals surface area contributed by atoms with Crippen LogP contribution >= 0.6 is 0 Å². The van der Waals surface area contributed by atoms with Crippen molar-refractivity contribution in [3.8, 4) is 5.75 Å². The topological polar surface area (TPSA) is 110 Å². The first-order valence-corrected chi connectivity index (χ1v) is 6.90. The van der Waals surface area contributed by atoms with Crippen molar-refractivity contribution in [2.45, 2.75) is 11.4 Å². The number of hydrogen-bond acceptors (Lipinski definition) is 5. The second-order valence-corrected chi connectivity index (χ2v) is 5.54. The number of amides is 2. The summed E-state index contributed by atoms with van der Waals surface area (Å²) in [5, 5.41) is 33.7. The summed E-state index contributed by atoms with van der Waals surface area (Å²) in [6.07, 6.45) is 0. The van der Waals surface area contributed by atoms with Crippen molar-refractivity contribution in [3.63, 3.8) is 0 Å². The van der Waals surface area contributed by atoms with Gasteiger partial charge in [-0.15, -0.1) is 0 Å². The molecule has 23 heavy (non-hydrogen) atoms. The van der Waals surface area contributed by atoms with E-state index < -0.39 is 23.3 Å². The van der Waals surface area contributed by atoms with Crippen LogP contribution in [0.4, 0.5) is 10.5 Å². The van der Waals surface area contributed by atoms with Crippen molar-refractivity contribution >= 4 is 17.5 Å². The van der Waals surface area contributed by atoms with Gasteiger partial charge < -0.3 is 15.3 Å². The Kier molecular flexibility index (Phi) is 2.45. The van der Waals surface area contributed by atoms with Gasteiger partial charge >= 0.3 is 6.03 Å². The third-order valence-electron chi connectivity index (χ3n) is 4.28. The number of nitrogens with one attached hydrogen (secondary N) is 1. The first-order valence-electron chi connectivity index (χ1n) is 6.90. The standard InChI is InChI=1S/C16H12N2O5/c19-10-5-3-4-9(8-10)18-14(21)17-15(22)13(20)11-6-1-2-7-12(11)16(15,18)23/h1-8,19,22-23H,(H,17,21). The van der Waals surface area contributed by atoms with Crippen LogP contribution in [-0.2, 0) is 5.72 Å². The summed E-state index contributed by atoms with van der Waals surface area (Å²) in [4.78, 5) is 25.7. The normalized spacial score (nSPS) is 28.5. The fourth-order valence-corrected chi connectivity index (χ4v) is 3.25. The van der Waals surface area contributed by atoms with Gasteiger partial charge in [0.1, 0.15) is 5.75 Å². The number of hydrogen-bond donors (Lipinski definition) is 4. The van der Waals surface area contributed by atoms with Crippen LogP contribution < -0.4 is 10.2 Å². The number of anilines is 1. The van der Waals surface area contributed by atoms with Gasteiger partial charge in [-0.25, -0.2) is 4.79 Å². The number of ketones is 1. The summed E-state index contributed by atoms with van der Waals surface area (Å²) in [6.45, 7) is 0. The molecular formula is C16H12N2O5. The maximum absolute atomic E-state index is 12.5. The van der Waals surface area contributed by atoms with Gasteiger partial charge in [0.15, 0.2) is 0 Å². The van der Waals surface area contributed by atoms with Crippen LogP contribution in [0.3, 0.4) is 0 Å². The summed E-state index contributed by atoms with van der Waals surface area (Å²) in [5.41, 5.74) is -4.40. The summed E-state index contributed by atoms with van der Waals surface area (Å²) >= 11 is 0. The van der Waals surface area contributed by atoms with Crippen LogP contribution in [-0.4, -0.2) is 32.9 Å². The van der Waals surface area contributed by atoms with Gasteiger partial charge in [0.2, 0.25) is 11.5 Å². The number of fused-ring (bicyclic) bond motifs is 3. The molecule has 0 spiro atoms. The zero-order valence-electron chi connectivity index (χ0n) is 11.7. The summed E-state index contributed by atoms with van der Waals surface area (Å²) in [7, 11) is 0. The Bertz CT molecular complexity index is 867. The summed E-state index contributed by atoms with van der Waals surface area (Å²) in [6, 6.07) is 10.9. The SMILES string of the molecule is O=C1NC2(O)C(=O)c3ccccc3C2(O)N1c1cccc(O)c1. The van der Waals surface area contributed by atoms with Gasteiger partial charge in [0.05, 0.1) is 5.69 Å². The van der Waals surface area contributed by atoms with Gasteiger partial charge in [0.25, 0.3) is 5.72 Å². The summed E-state index contributed by atoms with van der Waals surface area (Å²) < 4.78 is 0. The van der Waals surface area contributed by atoms with Gasteiger partial charge in [-0.05, 0) is 12.1 Å². The van der Waals surface area contributed by atoms with Crippen molar-refractivity contribution in [2.75, 3.05) is 4.90 Å². The van der Waals surface area contributed by atoms with Crippen LogP contribution in [0.25, 0.3) is 0 Å². The molecule has 1 aliphatic heterocycles. The Hall–Kier alpha value is -2.90. The molecule has 2 aromatic carbocycles. The van der Waals surface area contributed by atoms with E-state index in [1.165, 1.54) is 36.4 Å². The maximum atomic E-state index is 12.5. The Morgan fingerprint density at radius 3 is 2.48 bits per heavy atom. The molecule has 4 rings (SSSR count). The van der Waals surface area contributed by atoms with E-state index in [9.17, 15) is 24.9 Å². The first-order chi connectivity index (χ1) is 10.9. The number of aromatic hydroxyl groups is 1. The van der Waals surface area contributed by atoms with Crippen molar-refractivity contribution in [3.05, 3.63) is 59.7 Å². The highest BCUT2D eigenvalue weighted by Gasteiger charge is 2.72. The number of nitrogens with zero attached hydrogens (tertiary/aromatic N) is 1. The number of carbonyl (C=O) groups is 2. The summed E-state index contributed by atoms with van der Waals surface area (Å²) in [5.74, 6) is -0.904. The maximum Gasteiger partial charge on any atom is 0.327 e. The molecule has 4 N–H and O–H groups in total. The van der Waals surface area contributed by atoms with E-state index >= 15 is 0 Å². The molecule has 0 bridgehead atoms. The largest absolute Gasteiger partial charge is 0.508 e. The molecule has 2 atom stereocenters. The minimum atomic E-state index is -2.49. The molecule has 1 fully saturated rings. The zero-order chi connectivity index (χ0) is 16.4. The zero-order valence-corrected chi connectivity index (χ0v) is 11.7. The molecule has 0 aromatic heterocycles. The number of phenolic OH excluding ortho intramolecular Hbond substituents is 1. The van der Waals surface area contributed by atoms with Crippen molar-refractivity contribution in [2.24, 2.45) is 0 Å². The number of phenols is 1. The molecule has 7 nitrogen and oxygen atoms in total. The van der Waals surface area contributed by atoms with Crippen LogP contribution in [0.15, 0.2) is 48.5 Å². The molecule has 1 heterocycles. The Morgan fingerprint density at radius 1 is 1.00 bits per heavy atom. The van der Waals surface area contributed by atoms with Gasteiger partial charge in [-0.2, -0.15) is 0 Å². The van der Waals surface area contributed by atoms with Crippen LogP contribution in [0.1, 0.15) is 15.9 Å². The van der Waals surface area contributed by atoms with Crippen molar-refractivity contribution in [1.82, 2.24) is 5.32 Å². The molecule has 2 aliphatic rings. The van der Waals surface area contributed by atoms with Crippen LogP contribution in [0, 0.1) is 0 Å². The molecule has 116 valence electrons. The van der Waals surface area contributed by atoms with Crippen LogP contribution in [0.2, 0.25) is 0 Å². The first kappa shape index (κ1) is 13.7. The lowest BCUT2D eigenvalue weighted by Gasteiger charge is -2.35. The average Bonchev–Trinajstić information content (AvgIpc) is 2.83. The van der Waals surface area contributed by atoms with Gasteiger partial charge in [0, 0.05) is 17.2 Å². The van der Waals surface area contributed by atoms with E-state index in [4.69, 9.17) is 0 Å². The number of benzene rings is 2. The molecule has 2 amide bonds. The quantitative estimate of drug-likeness (QED) is 0.618. The van der Waals surface area contributed by atoms with E-state index in [0.29, 0.717) is 0 Å². The molecule has 1 aliphatic carbocycles. The third kappa shape index (κ3) is 1.45. The van der Waals surface area contributed by atoms with E-state index in [2.05, 4.69) is 5.32 Å². The molecule has 0 saturated carbocycles. The van der Waals surface area contributed by atoms with E-state index in [1.807, 2.05) is 0 Å². The molecule has 2 unspecified atom stereocenters. The number of Topliss-reactive ketones (excluding diaryl/α,β-unsaturated/α-hetero) is 1. The second-order valence-electron chi connectivity index (χ2n) is 5.54. The van der Waals surface area contributed by atoms with Crippen LogP contribution in [0.5, 0.6) is 5.75 Å². The van der Waals surface area contributed by atoms with E-state index in [0.717, 1.165) is 4.90 Å². The Labute approximate surface area is 130 Å². The lowest BCUT2D eigenvalue weighted by atomic mass is 9.98. The predicted octanol–water partition coefficient (Wildman–Crippen LogP) is 0.652. The Balaban J connectivity index is 2.00.